The van der Waals surface area contributed by atoms with Crippen molar-refractivity contribution in [3.63, 3.8) is 0 Å². The zero-order chi connectivity index (χ0) is 10.1. The fourth-order valence-corrected chi connectivity index (χ4v) is 1.58. The predicted octanol–water partition coefficient (Wildman–Crippen LogP) is 0.185. The van der Waals surface area contributed by atoms with E-state index in [1.165, 1.54) is 7.11 Å². The number of hydrogen-bond acceptors (Lipinski definition) is 4. The molecule has 0 atom stereocenters. The Labute approximate surface area is 80.7 Å². The smallest absolute Gasteiger partial charge is 0.374 e. The van der Waals surface area contributed by atoms with Crippen LogP contribution in [0, 0.1) is 0 Å². The van der Waals surface area contributed by atoms with Gasteiger partial charge in [-0.25, -0.2) is 9.78 Å². The van der Waals surface area contributed by atoms with Gasteiger partial charge in [-0.1, -0.05) is 0 Å². The molecule has 1 aromatic rings. The molecular weight excluding hydrogens is 184 g/mol. The Morgan fingerprint density at radius 3 is 3.14 bits per heavy atom. The molecule has 0 radical (unpaired) electrons. The van der Waals surface area contributed by atoms with E-state index in [4.69, 9.17) is 0 Å². The van der Waals surface area contributed by atoms with E-state index in [1.807, 2.05) is 0 Å². The van der Waals surface area contributed by atoms with E-state index in [-0.39, 0.29) is 11.6 Å². The Hall–Kier alpha value is -1.65. The number of fused-ring (bicyclic) bond motifs is 1. The number of carbonyl (C=O) groups excluding carboxylic acids is 2. The second-order valence-electron chi connectivity index (χ2n) is 3.18. The molecule has 5 nitrogen and oxygen atoms in total. The molecule has 1 aromatic heterocycles. The lowest BCUT2D eigenvalue weighted by Gasteiger charge is -2.14. The highest BCUT2D eigenvalue weighted by Gasteiger charge is 2.22. The van der Waals surface area contributed by atoms with Crippen molar-refractivity contribution in [3.8, 4) is 0 Å². The number of imidazole rings is 1. The first-order chi connectivity index (χ1) is 6.72. The molecule has 0 aliphatic carbocycles. The van der Waals surface area contributed by atoms with Crippen LogP contribution in [0.1, 0.15) is 22.7 Å². The molecule has 0 bridgehead atoms. The molecule has 5 heteroatoms. The first-order valence-corrected chi connectivity index (χ1v) is 4.37. The Bertz CT molecular complexity index is 395. The number of aromatic nitrogens is 2. The van der Waals surface area contributed by atoms with Crippen LogP contribution in [0.2, 0.25) is 0 Å². The summed E-state index contributed by atoms with van der Waals surface area (Å²) in [5, 5.41) is 0. The van der Waals surface area contributed by atoms with E-state index in [0.717, 1.165) is 5.69 Å². The van der Waals surface area contributed by atoms with Crippen molar-refractivity contribution in [2.24, 2.45) is 0 Å². The summed E-state index contributed by atoms with van der Waals surface area (Å²) in [6.07, 6.45) is 2.39. The SMILES string of the molecule is COC(=O)c1ncc2n1CCC(=O)C2. The number of ketones is 1. The molecule has 2 rings (SSSR count). The number of hydrogen-bond donors (Lipinski definition) is 0. The van der Waals surface area contributed by atoms with Crippen LogP contribution in [0.3, 0.4) is 0 Å². The molecule has 0 N–H and O–H groups in total. The van der Waals surface area contributed by atoms with Gasteiger partial charge >= 0.3 is 5.97 Å². The Morgan fingerprint density at radius 1 is 1.64 bits per heavy atom. The molecule has 0 fully saturated rings. The fourth-order valence-electron chi connectivity index (χ4n) is 1.58. The van der Waals surface area contributed by atoms with Crippen LogP contribution in [-0.2, 0) is 22.5 Å². The summed E-state index contributed by atoms with van der Waals surface area (Å²) in [4.78, 5) is 26.3. The van der Waals surface area contributed by atoms with Gasteiger partial charge in [-0.2, -0.15) is 0 Å². The minimum atomic E-state index is -0.453. The number of nitrogens with zero attached hydrogens (tertiary/aromatic N) is 2. The summed E-state index contributed by atoms with van der Waals surface area (Å²) in [6.45, 7) is 0.526. The van der Waals surface area contributed by atoms with Gasteiger partial charge in [-0.05, 0) is 0 Å². The highest BCUT2D eigenvalue weighted by molar-refractivity contribution is 5.87. The fraction of sp³-hybridized carbons (Fsp3) is 0.444. The highest BCUT2D eigenvalue weighted by atomic mass is 16.5. The van der Waals surface area contributed by atoms with Crippen LogP contribution in [0.25, 0.3) is 0 Å². The Balaban J connectivity index is 2.37. The van der Waals surface area contributed by atoms with Gasteiger partial charge < -0.3 is 9.30 Å². The van der Waals surface area contributed by atoms with Gasteiger partial charge in [-0.3, -0.25) is 4.79 Å². The maximum Gasteiger partial charge on any atom is 0.374 e. The van der Waals surface area contributed by atoms with Crippen molar-refractivity contribution in [3.05, 3.63) is 17.7 Å². The molecule has 0 saturated heterocycles. The minimum absolute atomic E-state index is 0.189. The standard InChI is InChI=1S/C9H10N2O3/c1-14-9(13)8-10-5-6-4-7(12)2-3-11(6)8/h5H,2-4H2,1H3. The molecule has 2 heterocycles. The second-order valence-corrected chi connectivity index (χ2v) is 3.18. The van der Waals surface area contributed by atoms with Crippen LogP contribution < -0.4 is 0 Å². The predicted molar refractivity (Wildman–Crippen MR) is 46.9 cm³/mol. The van der Waals surface area contributed by atoms with Crippen LogP contribution in [0.5, 0.6) is 0 Å². The van der Waals surface area contributed by atoms with E-state index in [2.05, 4.69) is 9.72 Å². The van der Waals surface area contributed by atoms with Crippen molar-refractivity contribution < 1.29 is 14.3 Å². The van der Waals surface area contributed by atoms with Gasteiger partial charge in [0.05, 0.1) is 7.11 Å². The summed E-state index contributed by atoms with van der Waals surface area (Å²) in [5.41, 5.74) is 0.793. The van der Waals surface area contributed by atoms with Crippen LogP contribution in [0.4, 0.5) is 0 Å². The number of carbonyl (C=O) groups is 2. The van der Waals surface area contributed by atoms with E-state index in [1.54, 1.807) is 10.8 Å². The molecule has 14 heavy (non-hydrogen) atoms. The molecule has 1 aliphatic heterocycles. The molecular formula is C9H10N2O3. The average molecular weight is 194 g/mol. The van der Waals surface area contributed by atoms with Gasteiger partial charge in [0.1, 0.15) is 5.78 Å². The summed E-state index contributed by atoms with van der Waals surface area (Å²) in [7, 11) is 1.32. The zero-order valence-corrected chi connectivity index (χ0v) is 7.82. The van der Waals surface area contributed by atoms with Crippen LogP contribution in [-0.4, -0.2) is 28.4 Å². The van der Waals surface area contributed by atoms with Gasteiger partial charge in [0.15, 0.2) is 0 Å². The average Bonchev–Trinajstić information content (AvgIpc) is 2.59. The molecule has 1 aliphatic rings. The molecule has 0 saturated carbocycles. The third-order valence-corrected chi connectivity index (χ3v) is 2.30. The first-order valence-electron chi connectivity index (χ1n) is 4.37. The summed E-state index contributed by atoms with van der Waals surface area (Å²) in [6, 6.07) is 0. The van der Waals surface area contributed by atoms with Gasteiger partial charge in [0.2, 0.25) is 5.82 Å². The van der Waals surface area contributed by atoms with Crippen molar-refractivity contribution in [1.29, 1.82) is 0 Å². The largest absolute Gasteiger partial charge is 0.463 e. The summed E-state index contributed by atoms with van der Waals surface area (Å²) >= 11 is 0. The lowest BCUT2D eigenvalue weighted by atomic mass is 10.1. The lowest BCUT2D eigenvalue weighted by molar-refractivity contribution is -0.119. The number of esters is 1. The minimum Gasteiger partial charge on any atom is -0.463 e. The third kappa shape index (κ3) is 1.30. The van der Waals surface area contributed by atoms with Crippen molar-refractivity contribution in [2.45, 2.75) is 19.4 Å². The third-order valence-electron chi connectivity index (χ3n) is 2.30. The van der Waals surface area contributed by atoms with Crippen molar-refractivity contribution in [2.75, 3.05) is 7.11 Å². The second kappa shape index (κ2) is 3.25. The van der Waals surface area contributed by atoms with Gasteiger partial charge in [0.25, 0.3) is 0 Å². The molecule has 0 spiro atoms. The highest BCUT2D eigenvalue weighted by Crippen LogP contribution is 2.14. The molecule has 0 unspecified atom stereocenters. The number of ether oxygens (including phenoxy) is 1. The maximum absolute atomic E-state index is 11.2. The number of rotatable bonds is 1. The summed E-state index contributed by atoms with van der Waals surface area (Å²) < 4.78 is 6.32. The Kier molecular flexibility index (Phi) is 2.07. The van der Waals surface area contributed by atoms with Gasteiger partial charge in [-0.15, -0.1) is 0 Å². The topological polar surface area (TPSA) is 61.2 Å². The van der Waals surface area contributed by atoms with Gasteiger partial charge in [0, 0.05) is 31.3 Å². The Morgan fingerprint density at radius 2 is 2.43 bits per heavy atom. The van der Waals surface area contributed by atoms with E-state index in [0.29, 0.717) is 19.4 Å². The lowest BCUT2D eigenvalue weighted by Crippen LogP contribution is -2.22. The van der Waals surface area contributed by atoms with E-state index in [9.17, 15) is 9.59 Å². The normalized spacial score (nSPS) is 15.1. The van der Waals surface area contributed by atoms with Crippen molar-refractivity contribution >= 4 is 11.8 Å². The quantitative estimate of drug-likeness (QED) is 0.598. The van der Waals surface area contributed by atoms with Crippen LogP contribution in [0.15, 0.2) is 6.20 Å². The summed E-state index contributed by atoms with van der Waals surface area (Å²) in [5.74, 6) is 0.0226. The van der Waals surface area contributed by atoms with Crippen molar-refractivity contribution in [1.82, 2.24) is 9.55 Å². The van der Waals surface area contributed by atoms with E-state index < -0.39 is 5.97 Å². The number of Topliss-reactive ketones (excluding diaryl/α,β-unsaturated/α-hetero) is 1. The zero-order valence-electron chi connectivity index (χ0n) is 7.82. The monoisotopic (exact) mass is 194 g/mol. The van der Waals surface area contributed by atoms with Crippen LogP contribution >= 0.6 is 0 Å². The molecule has 0 amide bonds. The molecule has 0 aromatic carbocycles. The maximum atomic E-state index is 11.2. The van der Waals surface area contributed by atoms with E-state index >= 15 is 0 Å². The molecule has 74 valence electrons. The first kappa shape index (κ1) is 8.93. The number of methoxy groups -OCH3 is 1.